The number of carbonyl (C=O) groups excluding carboxylic acids is 1. The van der Waals surface area contributed by atoms with E-state index in [2.05, 4.69) is 32.6 Å². The maximum atomic E-state index is 11.4. The molecule has 0 bridgehead atoms. The van der Waals surface area contributed by atoms with Crippen LogP contribution < -0.4 is 10.2 Å². The summed E-state index contributed by atoms with van der Waals surface area (Å²) in [4.78, 5) is 20.7. The maximum absolute atomic E-state index is 11.4. The summed E-state index contributed by atoms with van der Waals surface area (Å²) in [7, 11) is 1.68. The summed E-state index contributed by atoms with van der Waals surface area (Å²) < 4.78 is 0. The van der Waals surface area contributed by atoms with E-state index in [-0.39, 0.29) is 5.91 Å². The first-order valence-corrected chi connectivity index (χ1v) is 8.33. The van der Waals surface area contributed by atoms with Crippen LogP contribution in [0.1, 0.15) is 0 Å². The lowest BCUT2D eigenvalue weighted by Crippen LogP contribution is -2.49. The van der Waals surface area contributed by atoms with Gasteiger partial charge in [0.25, 0.3) is 0 Å². The van der Waals surface area contributed by atoms with Crippen molar-refractivity contribution in [1.82, 2.24) is 15.2 Å². The number of nitrogens with zero attached hydrogens (tertiary/aromatic N) is 3. The average Bonchev–Trinajstić information content (AvgIpc) is 3.06. The van der Waals surface area contributed by atoms with E-state index < -0.39 is 0 Å². The Bertz CT molecular complexity index is 620. The van der Waals surface area contributed by atoms with Gasteiger partial charge in [-0.3, -0.25) is 9.69 Å². The molecule has 0 aliphatic carbocycles. The van der Waals surface area contributed by atoms with E-state index >= 15 is 0 Å². The van der Waals surface area contributed by atoms with E-state index in [1.54, 1.807) is 18.4 Å². The first-order valence-electron chi connectivity index (χ1n) is 7.45. The van der Waals surface area contributed by atoms with E-state index in [9.17, 15) is 4.79 Å². The van der Waals surface area contributed by atoms with Gasteiger partial charge >= 0.3 is 0 Å². The van der Waals surface area contributed by atoms with Crippen LogP contribution in [0.4, 0.5) is 5.13 Å². The van der Waals surface area contributed by atoms with Crippen LogP contribution in [0.3, 0.4) is 0 Å². The lowest BCUT2D eigenvalue weighted by Gasteiger charge is -2.33. The normalized spacial score (nSPS) is 15.8. The van der Waals surface area contributed by atoms with Gasteiger partial charge in [-0.25, -0.2) is 4.98 Å². The summed E-state index contributed by atoms with van der Waals surface area (Å²) in [5.74, 6) is 0.0778. The number of nitrogens with one attached hydrogen (secondary N) is 1. The van der Waals surface area contributed by atoms with Crippen LogP contribution >= 0.6 is 11.3 Å². The van der Waals surface area contributed by atoms with Crippen molar-refractivity contribution in [3.63, 3.8) is 0 Å². The Labute approximate surface area is 134 Å². The monoisotopic (exact) mass is 316 g/mol. The van der Waals surface area contributed by atoms with Crippen molar-refractivity contribution in [2.24, 2.45) is 0 Å². The number of benzene rings is 1. The van der Waals surface area contributed by atoms with Crippen LogP contribution in [-0.2, 0) is 4.79 Å². The summed E-state index contributed by atoms with van der Waals surface area (Å²) in [5.41, 5.74) is 2.19. The van der Waals surface area contributed by atoms with Gasteiger partial charge in [-0.2, -0.15) is 0 Å². The van der Waals surface area contributed by atoms with Crippen molar-refractivity contribution in [3.8, 4) is 11.3 Å². The Morgan fingerprint density at radius 2 is 1.95 bits per heavy atom. The van der Waals surface area contributed by atoms with Crippen LogP contribution in [-0.4, -0.2) is 55.6 Å². The van der Waals surface area contributed by atoms with Crippen LogP contribution in [0.2, 0.25) is 0 Å². The minimum Gasteiger partial charge on any atom is -0.358 e. The second-order valence-electron chi connectivity index (χ2n) is 5.32. The van der Waals surface area contributed by atoms with Gasteiger partial charge in [0.05, 0.1) is 12.2 Å². The fourth-order valence-electron chi connectivity index (χ4n) is 2.53. The summed E-state index contributed by atoms with van der Waals surface area (Å²) in [6.07, 6.45) is 0. The molecule has 116 valence electrons. The first-order chi connectivity index (χ1) is 10.8. The largest absolute Gasteiger partial charge is 0.358 e. The Hall–Kier alpha value is -1.92. The number of likely N-dealkylation sites (N-methyl/N-ethyl adjacent to an activating group) is 1. The third-order valence-corrected chi connectivity index (χ3v) is 4.75. The number of anilines is 1. The van der Waals surface area contributed by atoms with E-state index in [4.69, 9.17) is 4.98 Å². The lowest BCUT2D eigenvalue weighted by molar-refractivity contribution is -0.121. The van der Waals surface area contributed by atoms with E-state index in [1.807, 2.05) is 18.2 Å². The SMILES string of the molecule is CNC(=O)CN1CCN(c2nc(-c3ccccc3)cs2)CC1. The highest BCUT2D eigenvalue weighted by molar-refractivity contribution is 7.14. The molecule has 22 heavy (non-hydrogen) atoms. The molecule has 1 aromatic heterocycles. The molecule has 0 unspecified atom stereocenters. The molecule has 2 aromatic rings. The molecule has 0 spiro atoms. The van der Waals surface area contributed by atoms with E-state index in [0.717, 1.165) is 42.6 Å². The highest BCUT2D eigenvalue weighted by Crippen LogP contribution is 2.27. The van der Waals surface area contributed by atoms with Crippen molar-refractivity contribution in [1.29, 1.82) is 0 Å². The zero-order valence-corrected chi connectivity index (χ0v) is 13.5. The van der Waals surface area contributed by atoms with Crippen molar-refractivity contribution in [2.45, 2.75) is 0 Å². The highest BCUT2D eigenvalue weighted by Gasteiger charge is 2.20. The maximum Gasteiger partial charge on any atom is 0.233 e. The molecular weight excluding hydrogens is 296 g/mol. The Morgan fingerprint density at radius 1 is 1.23 bits per heavy atom. The molecule has 0 radical (unpaired) electrons. The molecule has 1 N–H and O–H groups in total. The molecule has 1 aliphatic heterocycles. The van der Waals surface area contributed by atoms with Gasteiger partial charge in [-0.1, -0.05) is 30.3 Å². The number of hydrogen-bond donors (Lipinski definition) is 1. The number of hydrogen-bond acceptors (Lipinski definition) is 5. The molecule has 1 amide bonds. The van der Waals surface area contributed by atoms with Gasteiger partial charge < -0.3 is 10.2 Å². The number of thiazole rings is 1. The predicted molar refractivity (Wildman–Crippen MR) is 90.3 cm³/mol. The van der Waals surface area contributed by atoms with Crippen LogP contribution in [0.15, 0.2) is 35.7 Å². The number of carbonyl (C=O) groups is 1. The van der Waals surface area contributed by atoms with Gasteiger partial charge in [0.2, 0.25) is 5.91 Å². The third kappa shape index (κ3) is 3.45. The Kier molecular flexibility index (Phi) is 4.70. The van der Waals surface area contributed by atoms with E-state index in [1.165, 1.54) is 0 Å². The number of amides is 1. The third-order valence-electron chi connectivity index (χ3n) is 3.85. The molecule has 2 heterocycles. The van der Waals surface area contributed by atoms with Gasteiger partial charge in [0.15, 0.2) is 5.13 Å². The second-order valence-corrected chi connectivity index (χ2v) is 6.15. The fraction of sp³-hybridized carbons (Fsp3) is 0.375. The summed E-state index contributed by atoms with van der Waals surface area (Å²) in [6, 6.07) is 10.3. The molecule has 3 rings (SSSR count). The molecule has 6 heteroatoms. The topological polar surface area (TPSA) is 48.5 Å². The quantitative estimate of drug-likeness (QED) is 0.932. The average molecular weight is 316 g/mol. The molecule has 0 saturated carbocycles. The molecule has 1 fully saturated rings. The minimum atomic E-state index is 0.0778. The molecule has 1 aliphatic rings. The van der Waals surface area contributed by atoms with Crippen molar-refractivity contribution >= 4 is 22.4 Å². The van der Waals surface area contributed by atoms with Crippen molar-refractivity contribution in [2.75, 3.05) is 44.7 Å². The molecule has 5 nitrogen and oxygen atoms in total. The first kappa shape index (κ1) is 15.0. The van der Waals surface area contributed by atoms with Crippen molar-refractivity contribution < 1.29 is 4.79 Å². The van der Waals surface area contributed by atoms with Gasteiger partial charge in [-0.15, -0.1) is 11.3 Å². The predicted octanol–water partition coefficient (Wildman–Crippen LogP) is 1.68. The Balaban J connectivity index is 1.60. The van der Waals surface area contributed by atoms with Gasteiger partial charge in [-0.05, 0) is 0 Å². The zero-order chi connectivity index (χ0) is 15.4. The fourth-order valence-corrected chi connectivity index (χ4v) is 3.42. The summed E-state index contributed by atoms with van der Waals surface area (Å²) in [6.45, 7) is 4.11. The summed E-state index contributed by atoms with van der Waals surface area (Å²) in [5, 5.41) is 5.85. The second kappa shape index (κ2) is 6.89. The molecule has 1 saturated heterocycles. The molecular formula is C16H20N4OS. The van der Waals surface area contributed by atoms with Gasteiger partial charge in [0.1, 0.15) is 0 Å². The van der Waals surface area contributed by atoms with Crippen LogP contribution in [0, 0.1) is 0 Å². The smallest absolute Gasteiger partial charge is 0.233 e. The molecule has 1 aromatic carbocycles. The number of rotatable bonds is 4. The number of aromatic nitrogens is 1. The zero-order valence-electron chi connectivity index (χ0n) is 12.7. The number of piperazine rings is 1. The van der Waals surface area contributed by atoms with E-state index in [0.29, 0.717) is 6.54 Å². The van der Waals surface area contributed by atoms with Crippen LogP contribution in [0.25, 0.3) is 11.3 Å². The summed E-state index contributed by atoms with van der Waals surface area (Å²) >= 11 is 1.69. The molecule has 0 atom stereocenters. The standard InChI is InChI=1S/C16H20N4OS/c1-17-15(21)11-19-7-9-20(10-8-19)16-18-14(12-22-16)13-5-3-2-4-6-13/h2-6,12H,7-11H2,1H3,(H,17,21). The lowest BCUT2D eigenvalue weighted by atomic mass is 10.2. The van der Waals surface area contributed by atoms with Crippen LogP contribution in [0.5, 0.6) is 0 Å². The minimum absolute atomic E-state index is 0.0778. The Morgan fingerprint density at radius 3 is 2.64 bits per heavy atom. The van der Waals surface area contributed by atoms with Gasteiger partial charge in [0, 0.05) is 44.2 Å². The van der Waals surface area contributed by atoms with Crippen molar-refractivity contribution in [3.05, 3.63) is 35.7 Å². The highest BCUT2D eigenvalue weighted by atomic mass is 32.1.